The molecule has 9 nitrogen and oxygen atoms in total. The van der Waals surface area contributed by atoms with Gasteiger partial charge in [-0.3, -0.25) is 9.32 Å². The molecule has 0 bridgehead atoms. The molecule has 4 N–H and O–H groups in total. The van der Waals surface area contributed by atoms with Crippen LogP contribution in [0.5, 0.6) is 0 Å². The summed E-state index contributed by atoms with van der Waals surface area (Å²) in [6.45, 7) is 1.24. The summed E-state index contributed by atoms with van der Waals surface area (Å²) in [7, 11) is -9.92. The van der Waals surface area contributed by atoms with Crippen molar-refractivity contribution >= 4 is 21.6 Å². The molecule has 0 aromatic heterocycles. The first-order chi connectivity index (χ1) is 7.52. The molecule has 0 amide bonds. The summed E-state index contributed by atoms with van der Waals surface area (Å²) < 4.78 is 29.0. The maximum Gasteiger partial charge on any atom is 0.481 e. The Labute approximate surface area is 97.2 Å². The van der Waals surface area contributed by atoms with Gasteiger partial charge in [0.25, 0.3) is 0 Å². The van der Waals surface area contributed by atoms with Gasteiger partial charge < -0.3 is 19.8 Å². The SMILES string of the molecule is C[C@@H](CCOP(=O)(O)OP(=O)(O)O)CC(=O)O. The zero-order valence-electron chi connectivity index (χ0n) is 8.92. The van der Waals surface area contributed by atoms with Crippen LogP contribution in [0.25, 0.3) is 0 Å². The number of phosphoric acid groups is 2. The maximum atomic E-state index is 10.9. The average Bonchev–Trinajstić information content (AvgIpc) is 1.95. The van der Waals surface area contributed by atoms with E-state index in [1.165, 1.54) is 0 Å². The standard InChI is InChI=1S/C6H14O9P2/c1-5(4-6(7)8)2-3-14-17(12,13)15-16(9,10)11/h5H,2-4H2,1H3,(H,7,8)(H,12,13)(H2,9,10,11)/t5-/m0/s1. The Bertz CT molecular complexity index is 347. The first-order valence-electron chi connectivity index (χ1n) is 4.48. The van der Waals surface area contributed by atoms with E-state index in [0.29, 0.717) is 0 Å². The molecule has 0 aliphatic carbocycles. The summed E-state index contributed by atoms with van der Waals surface area (Å²) >= 11 is 0. The number of carboxylic acids is 1. The number of carbonyl (C=O) groups is 1. The van der Waals surface area contributed by atoms with Gasteiger partial charge in [-0.15, -0.1) is 0 Å². The van der Waals surface area contributed by atoms with Crippen LogP contribution in [0, 0.1) is 5.92 Å². The van der Waals surface area contributed by atoms with Gasteiger partial charge in [0, 0.05) is 6.42 Å². The van der Waals surface area contributed by atoms with Crippen LogP contribution < -0.4 is 0 Å². The van der Waals surface area contributed by atoms with Crippen molar-refractivity contribution in [3.63, 3.8) is 0 Å². The molecule has 1 unspecified atom stereocenters. The highest BCUT2D eigenvalue weighted by atomic mass is 31.3. The van der Waals surface area contributed by atoms with Crippen LogP contribution in [0.3, 0.4) is 0 Å². The van der Waals surface area contributed by atoms with Crippen molar-refractivity contribution in [2.24, 2.45) is 5.92 Å². The van der Waals surface area contributed by atoms with Gasteiger partial charge >= 0.3 is 21.6 Å². The van der Waals surface area contributed by atoms with Gasteiger partial charge in [-0.25, -0.2) is 9.13 Å². The first-order valence-corrected chi connectivity index (χ1v) is 7.50. The molecule has 11 heteroatoms. The molecule has 0 saturated heterocycles. The summed E-state index contributed by atoms with van der Waals surface area (Å²) in [5, 5.41) is 8.42. The predicted molar refractivity (Wildman–Crippen MR) is 54.9 cm³/mol. The monoisotopic (exact) mass is 292 g/mol. The van der Waals surface area contributed by atoms with E-state index in [-0.39, 0.29) is 25.4 Å². The Morgan fingerprint density at radius 2 is 1.82 bits per heavy atom. The van der Waals surface area contributed by atoms with Crippen LogP contribution in [-0.2, 0) is 22.8 Å². The minimum absolute atomic E-state index is 0.140. The van der Waals surface area contributed by atoms with E-state index in [2.05, 4.69) is 8.83 Å². The van der Waals surface area contributed by atoms with Gasteiger partial charge in [0.2, 0.25) is 0 Å². The van der Waals surface area contributed by atoms with Crippen molar-refractivity contribution in [2.75, 3.05) is 6.61 Å². The van der Waals surface area contributed by atoms with E-state index in [9.17, 15) is 13.9 Å². The Balaban J connectivity index is 3.99. The summed E-state index contributed by atoms with van der Waals surface area (Å²) in [6, 6.07) is 0. The van der Waals surface area contributed by atoms with Gasteiger partial charge in [0.15, 0.2) is 0 Å². The molecule has 0 heterocycles. The molecule has 102 valence electrons. The minimum atomic E-state index is -5.11. The number of hydrogen-bond donors (Lipinski definition) is 4. The molecular formula is C6H14O9P2. The lowest BCUT2D eigenvalue weighted by atomic mass is 10.1. The fourth-order valence-electron chi connectivity index (χ4n) is 0.927. The highest BCUT2D eigenvalue weighted by Gasteiger charge is 2.32. The van der Waals surface area contributed by atoms with Crippen molar-refractivity contribution < 1.29 is 42.5 Å². The van der Waals surface area contributed by atoms with Crippen LogP contribution in [0.15, 0.2) is 0 Å². The Morgan fingerprint density at radius 1 is 1.29 bits per heavy atom. The Morgan fingerprint density at radius 3 is 2.24 bits per heavy atom. The topological polar surface area (TPSA) is 151 Å². The van der Waals surface area contributed by atoms with Crippen molar-refractivity contribution in [3.05, 3.63) is 0 Å². The molecule has 0 rings (SSSR count). The summed E-state index contributed by atoms with van der Waals surface area (Å²) in [5.74, 6) is -1.32. The van der Waals surface area contributed by atoms with Crippen LogP contribution in [0.1, 0.15) is 19.8 Å². The fourth-order valence-corrected chi connectivity index (χ4v) is 2.53. The van der Waals surface area contributed by atoms with Crippen LogP contribution in [-0.4, -0.2) is 32.4 Å². The lowest BCUT2D eigenvalue weighted by Crippen LogP contribution is -2.07. The number of carboxylic acid groups (broad SMARTS) is 1. The van der Waals surface area contributed by atoms with Crippen LogP contribution in [0.4, 0.5) is 0 Å². The molecule has 0 spiro atoms. The van der Waals surface area contributed by atoms with Gasteiger partial charge in [-0.1, -0.05) is 6.92 Å². The van der Waals surface area contributed by atoms with Crippen molar-refractivity contribution in [1.82, 2.24) is 0 Å². The Hall–Kier alpha value is -0.270. The highest BCUT2D eigenvalue weighted by molar-refractivity contribution is 7.60. The van der Waals surface area contributed by atoms with Crippen molar-refractivity contribution in [3.8, 4) is 0 Å². The second kappa shape index (κ2) is 6.61. The molecule has 0 fully saturated rings. The average molecular weight is 292 g/mol. The lowest BCUT2D eigenvalue weighted by molar-refractivity contribution is -0.138. The molecular weight excluding hydrogens is 278 g/mol. The number of rotatable bonds is 8. The third-order valence-electron chi connectivity index (χ3n) is 1.60. The van der Waals surface area contributed by atoms with E-state index >= 15 is 0 Å². The van der Waals surface area contributed by atoms with E-state index in [4.69, 9.17) is 19.8 Å². The largest absolute Gasteiger partial charge is 0.481 e. The normalized spacial score (nSPS) is 17.4. The van der Waals surface area contributed by atoms with Gasteiger partial charge in [0.05, 0.1) is 6.61 Å². The Kier molecular flexibility index (Phi) is 6.50. The van der Waals surface area contributed by atoms with Crippen molar-refractivity contribution in [2.45, 2.75) is 19.8 Å². The molecule has 0 radical (unpaired) electrons. The van der Waals surface area contributed by atoms with Gasteiger partial charge in [-0.2, -0.15) is 4.31 Å². The maximum absolute atomic E-state index is 10.9. The summed E-state index contributed by atoms with van der Waals surface area (Å²) in [5.41, 5.74) is 0. The third kappa shape index (κ3) is 10.6. The quantitative estimate of drug-likeness (QED) is 0.474. The van der Waals surface area contributed by atoms with E-state index in [1.54, 1.807) is 6.92 Å². The second-order valence-electron chi connectivity index (χ2n) is 3.37. The van der Waals surface area contributed by atoms with Crippen molar-refractivity contribution in [1.29, 1.82) is 0 Å². The first kappa shape index (κ1) is 16.7. The number of hydrogen-bond acceptors (Lipinski definition) is 5. The van der Waals surface area contributed by atoms with E-state index in [1.807, 2.05) is 0 Å². The predicted octanol–water partition coefficient (Wildman–Crippen LogP) is 0.714. The summed E-state index contributed by atoms with van der Waals surface area (Å²) in [4.78, 5) is 35.7. The molecule has 2 atom stereocenters. The molecule has 0 aromatic carbocycles. The van der Waals surface area contributed by atoms with Gasteiger partial charge in [-0.05, 0) is 12.3 Å². The molecule has 0 aliphatic heterocycles. The van der Waals surface area contributed by atoms with Crippen LogP contribution >= 0.6 is 15.6 Å². The smallest absolute Gasteiger partial charge is 0.481 e. The highest BCUT2D eigenvalue weighted by Crippen LogP contribution is 2.57. The molecule has 0 aliphatic rings. The fraction of sp³-hybridized carbons (Fsp3) is 0.833. The van der Waals surface area contributed by atoms with Gasteiger partial charge in [0.1, 0.15) is 0 Å². The van der Waals surface area contributed by atoms with Crippen LogP contribution in [0.2, 0.25) is 0 Å². The zero-order valence-corrected chi connectivity index (χ0v) is 10.7. The summed E-state index contributed by atoms with van der Waals surface area (Å²) in [6.07, 6.45) is -0.000189. The minimum Gasteiger partial charge on any atom is -0.481 e. The van der Waals surface area contributed by atoms with E-state index in [0.717, 1.165) is 0 Å². The molecule has 0 aromatic rings. The lowest BCUT2D eigenvalue weighted by Gasteiger charge is -2.13. The zero-order chi connectivity index (χ0) is 13.7. The molecule has 17 heavy (non-hydrogen) atoms. The third-order valence-corrected chi connectivity index (χ3v) is 3.78. The number of phosphoric ester groups is 1. The number of aliphatic carboxylic acids is 1. The second-order valence-corrected chi connectivity index (χ2v) is 6.20. The molecule has 0 saturated carbocycles. The van der Waals surface area contributed by atoms with E-state index < -0.39 is 21.6 Å².